The molecular formula is C17H13BrN2O3S. The number of amides is 1. The van der Waals surface area contributed by atoms with Crippen molar-refractivity contribution in [1.29, 1.82) is 0 Å². The molecule has 122 valence electrons. The van der Waals surface area contributed by atoms with Crippen LogP contribution in [0.4, 0.5) is 5.13 Å². The molecule has 1 aromatic heterocycles. The van der Waals surface area contributed by atoms with E-state index in [0.29, 0.717) is 10.7 Å². The molecule has 2 aromatic carbocycles. The van der Waals surface area contributed by atoms with Crippen LogP contribution in [-0.4, -0.2) is 23.5 Å². The van der Waals surface area contributed by atoms with Gasteiger partial charge < -0.3 is 4.74 Å². The zero-order chi connectivity index (χ0) is 17.1. The fourth-order valence-electron chi connectivity index (χ4n) is 2.12. The highest BCUT2D eigenvalue weighted by atomic mass is 79.9. The highest BCUT2D eigenvalue weighted by molar-refractivity contribution is 9.10. The number of carbonyl (C=O) groups excluding carboxylic acids is 2. The van der Waals surface area contributed by atoms with Gasteiger partial charge >= 0.3 is 5.97 Å². The normalized spacial score (nSPS) is 10.6. The van der Waals surface area contributed by atoms with Gasteiger partial charge in [0.2, 0.25) is 0 Å². The number of carbonyl (C=O) groups is 2. The van der Waals surface area contributed by atoms with Crippen molar-refractivity contribution < 1.29 is 14.3 Å². The molecule has 0 atom stereocenters. The van der Waals surface area contributed by atoms with Gasteiger partial charge in [0.1, 0.15) is 0 Å². The third-order valence-corrected chi connectivity index (χ3v) is 4.72. The van der Waals surface area contributed by atoms with Gasteiger partial charge in [0.05, 0.1) is 15.8 Å². The van der Waals surface area contributed by atoms with E-state index >= 15 is 0 Å². The summed E-state index contributed by atoms with van der Waals surface area (Å²) in [6.45, 7) is 1.46. The first-order valence-electron chi connectivity index (χ1n) is 7.11. The van der Waals surface area contributed by atoms with Crippen LogP contribution in [0.5, 0.6) is 0 Å². The minimum atomic E-state index is -0.517. The molecule has 0 unspecified atom stereocenters. The van der Waals surface area contributed by atoms with Crippen LogP contribution in [0.2, 0.25) is 0 Å². The van der Waals surface area contributed by atoms with Gasteiger partial charge in [0, 0.05) is 4.47 Å². The Labute approximate surface area is 150 Å². The van der Waals surface area contributed by atoms with E-state index in [1.807, 2.05) is 37.3 Å². The van der Waals surface area contributed by atoms with E-state index in [0.717, 1.165) is 20.3 Å². The summed E-state index contributed by atoms with van der Waals surface area (Å²) in [5, 5.41) is 3.12. The predicted octanol–water partition coefficient (Wildman–Crippen LogP) is 4.16. The molecule has 1 N–H and O–H groups in total. The molecule has 5 nitrogen and oxygen atoms in total. The number of halogens is 1. The molecule has 0 saturated carbocycles. The maximum Gasteiger partial charge on any atom is 0.338 e. The molecule has 0 radical (unpaired) electrons. The van der Waals surface area contributed by atoms with Crippen molar-refractivity contribution in [3.05, 3.63) is 58.1 Å². The van der Waals surface area contributed by atoms with Crippen LogP contribution in [0.1, 0.15) is 15.9 Å². The summed E-state index contributed by atoms with van der Waals surface area (Å²) in [5.41, 5.74) is 2.06. The quantitative estimate of drug-likeness (QED) is 0.662. The molecule has 0 aliphatic carbocycles. The third kappa shape index (κ3) is 3.80. The van der Waals surface area contributed by atoms with E-state index in [1.54, 1.807) is 12.1 Å². The lowest BCUT2D eigenvalue weighted by atomic mass is 10.1. The average molecular weight is 405 g/mol. The first-order valence-corrected chi connectivity index (χ1v) is 8.72. The number of nitrogens with one attached hydrogen (secondary N) is 1. The van der Waals surface area contributed by atoms with Gasteiger partial charge in [-0.05, 0) is 36.8 Å². The maximum absolute atomic E-state index is 12.0. The van der Waals surface area contributed by atoms with Gasteiger partial charge in [-0.25, -0.2) is 9.78 Å². The fourth-order valence-corrected chi connectivity index (χ4v) is 3.55. The SMILES string of the molecule is Cc1ccccc1C(=O)OCC(=O)Nc1nc2ccc(Br)cc2s1. The van der Waals surface area contributed by atoms with Crippen LogP contribution in [0.3, 0.4) is 0 Å². The highest BCUT2D eigenvalue weighted by Crippen LogP contribution is 2.28. The average Bonchev–Trinajstić information content (AvgIpc) is 2.94. The molecule has 0 bridgehead atoms. The number of esters is 1. The number of thiazole rings is 1. The number of ether oxygens (including phenoxy) is 1. The maximum atomic E-state index is 12.0. The molecule has 3 aromatic rings. The molecule has 0 aliphatic heterocycles. The van der Waals surface area contributed by atoms with Crippen LogP contribution in [0, 0.1) is 6.92 Å². The van der Waals surface area contributed by atoms with E-state index in [1.165, 1.54) is 11.3 Å². The van der Waals surface area contributed by atoms with E-state index < -0.39 is 11.9 Å². The highest BCUT2D eigenvalue weighted by Gasteiger charge is 2.13. The molecule has 24 heavy (non-hydrogen) atoms. The second kappa shape index (κ2) is 7.11. The predicted molar refractivity (Wildman–Crippen MR) is 97.4 cm³/mol. The Bertz CT molecular complexity index is 923. The smallest absolute Gasteiger partial charge is 0.338 e. The van der Waals surface area contributed by atoms with Crippen molar-refractivity contribution >= 4 is 54.5 Å². The van der Waals surface area contributed by atoms with Crippen molar-refractivity contribution in [2.24, 2.45) is 0 Å². The molecule has 0 aliphatic rings. The van der Waals surface area contributed by atoms with E-state index in [-0.39, 0.29) is 6.61 Å². The Balaban J connectivity index is 1.61. The molecule has 7 heteroatoms. The first-order chi connectivity index (χ1) is 11.5. The van der Waals surface area contributed by atoms with Gasteiger partial charge in [0.25, 0.3) is 5.91 Å². The molecule has 0 fully saturated rings. The summed E-state index contributed by atoms with van der Waals surface area (Å²) in [4.78, 5) is 28.2. The standard InChI is InChI=1S/C17H13BrN2O3S/c1-10-4-2-3-5-12(10)16(22)23-9-15(21)20-17-19-13-7-6-11(18)8-14(13)24-17/h2-8H,9H2,1H3,(H,19,20,21). The summed E-state index contributed by atoms with van der Waals surface area (Å²) < 4.78 is 6.96. The third-order valence-electron chi connectivity index (χ3n) is 3.30. The van der Waals surface area contributed by atoms with Crippen molar-refractivity contribution in [2.75, 3.05) is 11.9 Å². The lowest BCUT2D eigenvalue weighted by Gasteiger charge is -2.06. The molecule has 1 amide bonds. The summed E-state index contributed by atoms with van der Waals surface area (Å²) >= 11 is 4.75. The van der Waals surface area contributed by atoms with Crippen molar-refractivity contribution in [3.63, 3.8) is 0 Å². The zero-order valence-electron chi connectivity index (χ0n) is 12.7. The Morgan fingerprint density at radius 2 is 2.04 bits per heavy atom. The Morgan fingerprint density at radius 1 is 1.25 bits per heavy atom. The minimum Gasteiger partial charge on any atom is -0.452 e. The lowest BCUT2D eigenvalue weighted by Crippen LogP contribution is -2.21. The summed E-state index contributed by atoms with van der Waals surface area (Å²) in [6.07, 6.45) is 0. The largest absolute Gasteiger partial charge is 0.452 e. The number of hydrogen-bond donors (Lipinski definition) is 1. The minimum absolute atomic E-state index is 0.354. The zero-order valence-corrected chi connectivity index (χ0v) is 15.1. The van der Waals surface area contributed by atoms with Gasteiger partial charge in [-0.2, -0.15) is 0 Å². The van der Waals surface area contributed by atoms with E-state index in [2.05, 4.69) is 26.2 Å². The molecule has 0 spiro atoms. The monoisotopic (exact) mass is 404 g/mol. The molecule has 1 heterocycles. The van der Waals surface area contributed by atoms with Crippen LogP contribution < -0.4 is 5.32 Å². The Morgan fingerprint density at radius 3 is 2.83 bits per heavy atom. The number of nitrogens with zero attached hydrogens (tertiary/aromatic N) is 1. The summed E-state index contributed by atoms with van der Waals surface area (Å²) in [6, 6.07) is 12.8. The number of hydrogen-bond acceptors (Lipinski definition) is 5. The van der Waals surface area contributed by atoms with Crippen LogP contribution in [0.25, 0.3) is 10.2 Å². The molecule has 3 rings (SSSR count). The van der Waals surface area contributed by atoms with Gasteiger partial charge in [-0.1, -0.05) is 45.5 Å². The molecule has 0 saturated heterocycles. The number of aryl methyl sites for hydroxylation is 1. The first kappa shape index (κ1) is 16.6. The lowest BCUT2D eigenvalue weighted by molar-refractivity contribution is -0.119. The Hall–Kier alpha value is -2.25. The fraction of sp³-hybridized carbons (Fsp3) is 0.118. The summed E-state index contributed by atoms with van der Waals surface area (Å²) in [5.74, 6) is -0.938. The van der Waals surface area contributed by atoms with Gasteiger partial charge in [-0.15, -0.1) is 0 Å². The van der Waals surface area contributed by atoms with Crippen LogP contribution in [-0.2, 0) is 9.53 Å². The number of anilines is 1. The van der Waals surface area contributed by atoms with Gasteiger partial charge in [0.15, 0.2) is 11.7 Å². The van der Waals surface area contributed by atoms with E-state index in [4.69, 9.17) is 4.74 Å². The Kier molecular flexibility index (Phi) is 4.92. The van der Waals surface area contributed by atoms with Crippen molar-refractivity contribution in [2.45, 2.75) is 6.92 Å². The van der Waals surface area contributed by atoms with Gasteiger partial charge in [-0.3, -0.25) is 10.1 Å². The van der Waals surface area contributed by atoms with Crippen molar-refractivity contribution in [3.8, 4) is 0 Å². The number of rotatable bonds is 4. The van der Waals surface area contributed by atoms with Crippen LogP contribution >= 0.6 is 27.3 Å². The van der Waals surface area contributed by atoms with E-state index in [9.17, 15) is 9.59 Å². The number of benzene rings is 2. The number of fused-ring (bicyclic) bond motifs is 1. The second-order valence-electron chi connectivity index (χ2n) is 5.07. The molecular weight excluding hydrogens is 392 g/mol. The van der Waals surface area contributed by atoms with Crippen LogP contribution in [0.15, 0.2) is 46.9 Å². The summed E-state index contributed by atoms with van der Waals surface area (Å²) in [7, 11) is 0. The second-order valence-corrected chi connectivity index (χ2v) is 7.02. The number of aromatic nitrogens is 1. The van der Waals surface area contributed by atoms with Crippen molar-refractivity contribution in [1.82, 2.24) is 4.98 Å². The topological polar surface area (TPSA) is 68.3 Å².